The summed E-state index contributed by atoms with van der Waals surface area (Å²) in [5.41, 5.74) is 9.43. The molecule has 0 aliphatic carbocycles. The van der Waals surface area contributed by atoms with Crippen molar-refractivity contribution in [3.8, 4) is 0 Å². The van der Waals surface area contributed by atoms with E-state index in [1.807, 2.05) is 42.5 Å². The molecule has 0 aliphatic rings. The number of imidazole rings is 1. The Labute approximate surface area is 118 Å². The molecule has 3 aromatic rings. The van der Waals surface area contributed by atoms with E-state index in [1.54, 1.807) is 0 Å². The molecule has 0 saturated carbocycles. The number of benzene rings is 2. The number of nitrogens with one attached hydrogen (secondary N) is 1. The van der Waals surface area contributed by atoms with Gasteiger partial charge in [-0.2, -0.15) is 0 Å². The first-order valence-electron chi connectivity index (χ1n) is 6.07. The predicted octanol–water partition coefficient (Wildman–Crippen LogP) is -0.191. The molecule has 0 spiro atoms. The topological polar surface area (TPSA) is 54.7 Å². The standard InChI is InChI=1S/C15H15N3.ClH/c16-12(10-11-6-2-1-3-7-11)15-17-13-8-4-5-9-14(13)18-15;/h1-9,12H,10,16H2,(H,17,18);1H/p-1. The highest BCUT2D eigenvalue weighted by atomic mass is 35.5. The molecule has 0 radical (unpaired) electrons. The van der Waals surface area contributed by atoms with Crippen molar-refractivity contribution < 1.29 is 12.4 Å². The normalized spacial score (nSPS) is 12.1. The van der Waals surface area contributed by atoms with Crippen LogP contribution >= 0.6 is 0 Å². The maximum atomic E-state index is 6.20. The first-order valence-corrected chi connectivity index (χ1v) is 6.07. The molecule has 1 heterocycles. The largest absolute Gasteiger partial charge is 1.00 e. The van der Waals surface area contributed by atoms with Crippen LogP contribution in [0.3, 0.4) is 0 Å². The van der Waals surface area contributed by atoms with Gasteiger partial charge in [-0.3, -0.25) is 0 Å². The lowest BCUT2D eigenvalue weighted by molar-refractivity contribution is -0.00000384. The number of aromatic nitrogens is 2. The van der Waals surface area contributed by atoms with Crippen LogP contribution in [-0.4, -0.2) is 9.97 Å². The molecule has 0 bridgehead atoms. The summed E-state index contributed by atoms with van der Waals surface area (Å²) in [5, 5.41) is 0. The summed E-state index contributed by atoms with van der Waals surface area (Å²) >= 11 is 0. The molecule has 0 saturated heterocycles. The Hall–Kier alpha value is -1.84. The minimum Gasteiger partial charge on any atom is -1.00 e. The van der Waals surface area contributed by atoms with Gasteiger partial charge in [0.25, 0.3) is 0 Å². The first-order chi connectivity index (χ1) is 8.83. The molecule has 1 atom stereocenters. The molecule has 0 fully saturated rings. The van der Waals surface area contributed by atoms with E-state index in [4.69, 9.17) is 5.73 Å². The fourth-order valence-electron chi connectivity index (χ4n) is 2.11. The van der Waals surface area contributed by atoms with Crippen molar-refractivity contribution in [1.82, 2.24) is 9.97 Å². The van der Waals surface area contributed by atoms with Crippen LogP contribution in [0.5, 0.6) is 0 Å². The summed E-state index contributed by atoms with van der Waals surface area (Å²) in [5.74, 6) is 0.847. The summed E-state index contributed by atoms with van der Waals surface area (Å²) in [6, 6.07) is 18.1. The maximum absolute atomic E-state index is 6.20. The van der Waals surface area contributed by atoms with Crippen LogP contribution in [-0.2, 0) is 6.42 Å². The fourth-order valence-corrected chi connectivity index (χ4v) is 2.11. The SMILES string of the molecule is NC(Cc1ccccc1)c1nc2ccccc2[nH]1.[Cl-]. The van der Waals surface area contributed by atoms with E-state index in [0.717, 1.165) is 23.3 Å². The molecule has 0 amide bonds. The van der Waals surface area contributed by atoms with E-state index < -0.39 is 0 Å². The van der Waals surface area contributed by atoms with Crippen molar-refractivity contribution in [2.24, 2.45) is 5.73 Å². The lowest BCUT2D eigenvalue weighted by Gasteiger charge is -2.08. The van der Waals surface area contributed by atoms with Crippen molar-refractivity contribution in [2.45, 2.75) is 12.5 Å². The number of hydrogen-bond acceptors (Lipinski definition) is 2. The number of hydrogen-bond donors (Lipinski definition) is 2. The zero-order valence-corrected chi connectivity index (χ0v) is 11.1. The molecule has 2 aromatic carbocycles. The van der Waals surface area contributed by atoms with Crippen LogP contribution in [0.1, 0.15) is 17.4 Å². The molecular weight excluding hydrogens is 258 g/mol. The number of para-hydroxylation sites is 2. The Bertz CT molecular complexity index is 616. The van der Waals surface area contributed by atoms with Crippen LogP contribution in [0.2, 0.25) is 0 Å². The van der Waals surface area contributed by atoms with Gasteiger partial charge in [-0.05, 0) is 24.1 Å². The second-order valence-electron chi connectivity index (χ2n) is 4.44. The van der Waals surface area contributed by atoms with Crippen LogP contribution in [0.4, 0.5) is 0 Å². The zero-order chi connectivity index (χ0) is 12.4. The highest BCUT2D eigenvalue weighted by molar-refractivity contribution is 5.74. The van der Waals surface area contributed by atoms with Crippen LogP contribution in [0.15, 0.2) is 54.6 Å². The number of fused-ring (bicyclic) bond motifs is 1. The molecule has 0 aliphatic heterocycles. The van der Waals surface area contributed by atoms with E-state index in [1.165, 1.54) is 5.56 Å². The maximum Gasteiger partial charge on any atom is 0.124 e. The number of halogens is 1. The van der Waals surface area contributed by atoms with Gasteiger partial charge in [0.15, 0.2) is 0 Å². The van der Waals surface area contributed by atoms with Gasteiger partial charge in [0.1, 0.15) is 5.82 Å². The van der Waals surface area contributed by atoms with Gasteiger partial charge in [0, 0.05) is 0 Å². The number of H-pyrrole nitrogens is 1. The van der Waals surface area contributed by atoms with E-state index in [9.17, 15) is 0 Å². The van der Waals surface area contributed by atoms with E-state index in [-0.39, 0.29) is 18.4 Å². The molecule has 3 nitrogen and oxygen atoms in total. The van der Waals surface area contributed by atoms with Crippen molar-refractivity contribution in [3.05, 3.63) is 66.0 Å². The van der Waals surface area contributed by atoms with Crippen LogP contribution < -0.4 is 18.1 Å². The number of aromatic amines is 1. The molecule has 98 valence electrons. The Morgan fingerprint density at radius 3 is 2.42 bits per heavy atom. The van der Waals surface area contributed by atoms with Gasteiger partial charge in [-0.25, -0.2) is 4.98 Å². The average Bonchev–Trinajstić information content (AvgIpc) is 2.84. The number of rotatable bonds is 3. The minimum atomic E-state index is -0.0974. The summed E-state index contributed by atoms with van der Waals surface area (Å²) in [7, 11) is 0. The smallest absolute Gasteiger partial charge is 0.124 e. The number of nitrogens with two attached hydrogens (primary N) is 1. The quantitative estimate of drug-likeness (QED) is 0.694. The van der Waals surface area contributed by atoms with Crippen molar-refractivity contribution in [3.63, 3.8) is 0 Å². The molecule has 3 rings (SSSR count). The van der Waals surface area contributed by atoms with Crippen molar-refractivity contribution >= 4 is 11.0 Å². The lowest BCUT2D eigenvalue weighted by atomic mass is 10.1. The highest BCUT2D eigenvalue weighted by Gasteiger charge is 2.11. The Morgan fingerprint density at radius 1 is 1.00 bits per heavy atom. The van der Waals surface area contributed by atoms with Crippen LogP contribution in [0, 0.1) is 0 Å². The molecule has 4 heteroatoms. The van der Waals surface area contributed by atoms with E-state index >= 15 is 0 Å². The van der Waals surface area contributed by atoms with Gasteiger partial charge < -0.3 is 23.1 Å². The summed E-state index contributed by atoms with van der Waals surface area (Å²) < 4.78 is 0. The summed E-state index contributed by atoms with van der Waals surface area (Å²) in [6.07, 6.45) is 0.792. The molecular formula is C15H15ClN3-. The molecule has 1 unspecified atom stereocenters. The molecule has 3 N–H and O–H groups in total. The third kappa shape index (κ3) is 2.95. The van der Waals surface area contributed by atoms with Crippen LogP contribution in [0.25, 0.3) is 11.0 Å². The van der Waals surface area contributed by atoms with E-state index in [2.05, 4.69) is 22.1 Å². The third-order valence-electron chi connectivity index (χ3n) is 3.06. The second kappa shape index (κ2) is 5.87. The lowest BCUT2D eigenvalue weighted by Crippen LogP contribution is -3.00. The summed E-state index contributed by atoms with van der Waals surface area (Å²) in [4.78, 5) is 7.81. The monoisotopic (exact) mass is 272 g/mol. The van der Waals surface area contributed by atoms with Gasteiger partial charge in [0.2, 0.25) is 0 Å². The van der Waals surface area contributed by atoms with Gasteiger partial charge in [0.05, 0.1) is 17.1 Å². The fraction of sp³-hybridized carbons (Fsp3) is 0.133. The number of nitrogens with zero attached hydrogens (tertiary/aromatic N) is 1. The highest BCUT2D eigenvalue weighted by Crippen LogP contribution is 2.17. The summed E-state index contributed by atoms with van der Waals surface area (Å²) in [6.45, 7) is 0. The molecule has 1 aromatic heterocycles. The van der Waals surface area contributed by atoms with Gasteiger partial charge in [-0.15, -0.1) is 0 Å². The Morgan fingerprint density at radius 2 is 1.68 bits per heavy atom. The van der Waals surface area contributed by atoms with Crippen molar-refractivity contribution in [1.29, 1.82) is 0 Å². The predicted molar refractivity (Wildman–Crippen MR) is 73.2 cm³/mol. The third-order valence-corrected chi connectivity index (χ3v) is 3.06. The van der Waals surface area contributed by atoms with Gasteiger partial charge in [-0.1, -0.05) is 42.5 Å². The second-order valence-corrected chi connectivity index (χ2v) is 4.44. The Kier molecular flexibility index (Phi) is 4.20. The first kappa shape index (κ1) is 13.6. The Balaban J connectivity index is 0.00000133. The van der Waals surface area contributed by atoms with Gasteiger partial charge >= 0.3 is 0 Å². The van der Waals surface area contributed by atoms with E-state index in [0.29, 0.717) is 0 Å². The molecule has 19 heavy (non-hydrogen) atoms. The minimum absolute atomic E-state index is 0. The van der Waals surface area contributed by atoms with Crippen molar-refractivity contribution in [2.75, 3.05) is 0 Å². The average molecular weight is 273 g/mol. The zero-order valence-electron chi connectivity index (χ0n) is 10.4.